The summed E-state index contributed by atoms with van der Waals surface area (Å²) in [6.45, 7) is 0. The van der Waals surface area contributed by atoms with Crippen LogP contribution in [0.3, 0.4) is 0 Å². The lowest BCUT2D eigenvalue weighted by molar-refractivity contribution is -0.0352. The number of carbonyl (C=O) groups excluding carboxylic acids is 2. The minimum absolute atomic E-state index is 0.214. The molecular weight excluding hydrogens is 837 g/mol. The van der Waals surface area contributed by atoms with Gasteiger partial charge in [-0.3, -0.25) is 9.59 Å². The van der Waals surface area contributed by atoms with E-state index in [0.29, 0.717) is 115 Å². The molecule has 0 saturated heterocycles. The standard InChI is InChI=1S/2C26H29N3O4/c2*1-31-20-7-17(8-21(32-2)23(20)33-3)19-13-28-25-22(29-19)18(12-27-25)24(30)26-9-14-4-15(10-26)6-16(5-14)11-26/h2*7-8,12-16H,4-6,9-11H2,1-3H3,(H,27,28). The largest absolute Gasteiger partial charge is 0.493 e. The van der Waals surface area contributed by atoms with E-state index in [-0.39, 0.29) is 22.4 Å². The van der Waals surface area contributed by atoms with Gasteiger partial charge in [0.1, 0.15) is 11.0 Å². The highest BCUT2D eigenvalue weighted by atomic mass is 16.5. The van der Waals surface area contributed by atoms with Gasteiger partial charge in [0.05, 0.1) is 77.6 Å². The number of nitrogens with zero attached hydrogens (tertiary/aromatic N) is 4. The van der Waals surface area contributed by atoms with Gasteiger partial charge in [0.2, 0.25) is 11.5 Å². The van der Waals surface area contributed by atoms with Gasteiger partial charge in [-0.2, -0.15) is 0 Å². The van der Waals surface area contributed by atoms with Gasteiger partial charge in [0.15, 0.2) is 45.9 Å². The van der Waals surface area contributed by atoms with Crippen molar-refractivity contribution in [2.45, 2.75) is 77.0 Å². The van der Waals surface area contributed by atoms with Gasteiger partial charge >= 0.3 is 0 Å². The van der Waals surface area contributed by atoms with Gasteiger partial charge in [-0.05, 0) is 137 Å². The van der Waals surface area contributed by atoms with Crippen molar-refractivity contribution in [2.24, 2.45) is 46.3 Å². The Morgan fingerprint density at radius 1 is 0.485 bits per heavy atom. The van der Waals surface area contributed by atoms with E-state index in [9.17, 15) is 9.59 Å². The molecule has 8 aliphatic carbocycles. The summed E-state index contributed by atoms with van der Waals surface area (Å²) in [5, 5.41) is 0. The van der Waals surface area contributed by atoms with Crippen LogP contribution in [0.1, 0.15) is 97.8 Å². The number of ketones is 2. The Hall–Kier alpha value is -6.18. The summed E-state index contributed by atoms with van der Waals surface area (Å²) in [5.74, 6) is 8.04. The van der Waals surface area contributed by atoms with Crippen molar-refractivity contribution < 1.29 is 38.0 Å². The molecular formula is C52H58N6O8. The molecule has 14 nitrogen and oxygen atoms in total. The average molecular weight is 895 g/mol. The van der Waals surface area contributed by atoms with Crippen LogP contribution in [-0.2, 0) is 0 Å². The number of aromatic amines is 2. The molecule has 2 aromatic carbocycles. The lowest BCUT2D eigenvalue weighted by Gasteiger charge is -2.55. The predicted octanol–water partition coefficient (Wildman–Crippen LogP) is 10.1. The van der Waals surface area contributed by atoms with Crippen molar-refractivity contribution in [1.82, 2.24) is 29.9 Å². The van der Waals surface area contributed by atoms with Crippen LogP contribution in [0.15, 0.2) is 49.1 Å². The van der Waals surface area contributed by atoms with Crippen molar-refractivity contribution in [3.05, 3.63) is 60.2 Å². The Morgan fingerprint density at radius 3 is 1.06 bits per heavy atom. The summed E-state index contributed by atoms with van der Waals surface area (Å²) < 4.78 is 32.9. The number of benzene rings is 2. The summed E-state index contributed by atoms with van der Waals surface area (Å²) in [6, 6.07) is 7.41. The van der Waals surface area contributed by atoms with E-state index in [1.807, 2.05) is 36.7 Å². The molecule has 0 amide bonds. The third kappa shape index (κ3) is 6.96. The topological polar surface area (TPSA) is 173 Å². The van der Waals surface area contributed by atoms with Crippen molar-refractivity contribution in [2.75, 3.05) is 42.7 Å². The zero-order valence-corrected chi connectivity index (χ0v) is 38.6. The second kappa shape index (κ2) is 16.3. The van der Waals surface area contributed by atoms with Crippen molar-refractivity contribution in [3.63, 3.8) is 0 Å². The first kappa shape index (κ1) is 42.5. The normalized spacial score (nSPS) is 27.7. The molecule has 344 valence electrons. The van der Waals surface area contributed by atoms with Crippen LogP contribution >= 0.6 is 0 Å². The van der Waals surface area contributed by atoms with E-state index >= 15 is 0 Å². The van der Waals surface area contributed by atoms with E-state index < -0.39 is 0 Å². The fraction of sp³-hybridized carbons (Fsp3) is 0.500. The monoisotopic (exact) mass is 894 g/mol. The molecule has 0 spiro atoms. The lowest BCUT2D eigenvalue weighted by Crippen LogP contribution is -2.50. The highest BCUT2D eigenvalue weighted by Gasteiger charge is 2.56. The van der Waals surface area contributed by atoms with Crippen molar-refractivity contribution >= 4 is 33.9 Å². The first-order chi connectivity index (χ1) is 32.1. The fourth-order valence-corrected chi connectivity index (χ4v) is 14.2. The zero-order valence-electron chi connectivity index (χ0n) is 38.6. The van der Waals surface area contributed by atoms with Crippen LogP contribution in [0.4, 0.5) is 0 Å². The molecule has 0 aliphatic heterocycles. The number of ether oxygens (including phenoxy) is 6. The van der Waals surface area contributed by atoms with Crippen molar-refractivity contribution in [1.29, 1.82) is 0 Å². The minimum atomic E-state index is -0.214. The summed E-state index contributed by atoms with van der Waals surface area (Å²) in [5.41, 5.74) is 6.36. The fourth-order valence-electron chi connectivity index (χ4n) is 14.2. The Kier molecular flexibility index (Phi) is 10.5. The third-order valence-corrected chi connectivity index (χ3v) is 16.2. The van der Waals surface area contributed by atoms with Crippen molar-refractivity contribution in [3.8, 4) is 57.0 Å². The summed E-state index contributed by atoms with van der Waals surface area (Å²) in [6.07, 6.45) is 21.1. The molecule has 8 bridgehead atoms. The number of H-pyrrole nitrogens is 2. The van der Waals surface area contributed by atoms with E-state index in [2.05, 4.69) is 19.9 Å². The maximum Gasteiger partial charge on any atom is 0.203 e. The number of carbonyl (C=O) groups is 2. The van der Waals surface area contributed by atoms with E-state index in [4.69, 9.17) is 38.4 Å². The van der Waals surface area contributed by atoms with Gasteiger partial charge < -0.3 is 38.4 Å². The average Bonchev–Trinajstić information content (AvgIpc) is 3.96. The molecule has 0 atom stereocenters. The molecule has 8 fully saturated rings. The number of Topliss-reactive ketones (excluding diaryl/α,β-unsaturated/α-hetero) is 2. The van der Waals surface area contributed by atoms with Crippen LogP contribution in [0, 0.1) is 46.3 Å². The van der Waals surface area contributed by atoms with Crippen LogP contribution in [0.2, 0.25) is 0 Å². The van der Waals surface area contributed by atoms with Gasteiger partial charge in [-0.15, -0.1) is 0 Å². The van der Waals surface area contributed by atoms with E-state index in [1.54, 1.807) is 55.1 Å². The van der Waals surface area contributed by atoms with Crippen LogP contribution < -0.4 is 28.4 Å². The highest BCUT2D eigenvalue weighted by molar-refractivity contribution is 6.10. The first-order valence-electron chi connectivity index (χ1n) is 23.5. The number of aromatic nitrogens is 6. The molecule has 4 heterocycles. The number of nitrogens with one attached hydrogen (secondary N) is 2. The van der Waals surface area contributed by atoms with E-state index in [0.717, 1.165) is 49.7 Å². The van der Waals surface area contributed by atoms with Crippen LogP contribution in [0.25, 0.3) is 44.8 Å². The highest BCUT2D eigenvalue weighted by Crippen LogP contribution is 2.62. The smallest absolute Gasteiger partial charge is 0.203 e. The second-order valence-electron chi connectivity index (χ2n) is 20.2. The molecule has 14 heteroatoms. The number of hydrogen-bond donors (Lipinski definition) is 2. The second-order valence-corrected chi connectivity index (χ2v) is 20.2. The summed E-state index contributed by atoms with van der Waals surface area (Å²) >= 11 is 0. The molecule has 0 radical (unpaired) electrons. The van der Waals surface area contributed by atoms with Crippen LogP contribution in [-0.4, -0.2) is 84.1 Å². The molecule has 8 aliphatic rings. The number of hydrogen-bond acceptors (Lipinski definition) is 12. The summed E-state index contributed by atoms with van der Waals surface area (Å²) in [4.78, 5) is 53.2. The lowest BCUT2D eigenvalue weighted by atomic mass is 9.48. The molecule has 6 aromatic rings. The predicted molar refractivity (Wildman–Crippen MR) is 248 cm³/mol. The Bertz CT molecular complexity index is 2570. The number of fused-ring (bicyclic) bond motifs is 2. The Balaban J connectivity index is 0.000000146. The van der Waals surface area contributed by atoms with Gasteiger partial charge in [0, 0.05) is 34.4 Å². The SMILES string of the molecule is COc1cc(-c2cnc3[nH]cc(C(=O)C45CC6CC(CC(C6)C4)C5)c3n2)cc(OC)c1OC.COc1cc(-c2cnc3[nH]cc(C(=O)C45CC6CC(CC(C6)C4)C5)c3n2)cc(OC)c1OC. The molecule has 4 aromatic heterocycles. The first-order valence-corrected chi connectivity index (χ1v) is 23.5. The number of methoxy groups -OCH3 is 6. The number of rotatable bonds is 12. The Morgan fingerprint density at radius 2 is 0.788 bits per heavy atom. The molecule has 8 saturated carbocycles. The van der Waals surface area contributed by atoms with Gasteiger partial charge in [0.25, 0.3) is 0 Å². The maximum atomic E-state index is 14.0. The third-order valence-electron chi connectivity index (χ3n) is 16.2. The maximum absolute atomic E-state index is 14.0. The Labute approximate surface area is 383 Å². The van der Waals surface area contributed by atoms with Crippen LogP contribution in [0.5, 0.6) is 34.5 Å². The molecule has 14 rings (SSSR count). The zero-order chi connectivity index (χ0) is 45.5. The van der Waals surface area contributed by atoms with Gasteiger partial charge in [-0.25, -0.2) is 19.9 Å². The molecule has 66 heavy (non-hydrogen) atoms. The minimum Gasteiger partial charge on any atom is -0.493 e. The van der Waals surface area contributed by atoms with Gasteiger partial charge in [-0.1, -0.05) is 0 Å². The van der Waals surface area contributed by atoms with E-state index in [1.165, 1.54) is 38.5 Å². The molecule has 2 N–H and O–H groups in total. The quantitative estimate of drug-likeness (QED) is 0.112. The molecule has 0 unspecified atom stereocenters. The summed E-state index contributed by atoms with van der Waals surface area (Å²) in [7, 11) is 9.51.